The van der Waals surface area contributed by atoms with E-state index in [-0.39, 0.29) is 0 Å². The highest BCUT2D eigenvalue weighted by Crippen LogP contribution is 2.33. The number of aromatic nitrogens is 4. The molecule has 7 nitrogen and oxygen atoms in total. The summed E-state index contributed by atoms with van der Waals surface area (Å²) < 4.78 is 1.86. The van der Waals surface area contributed by atoms with Crippen molar-refractivity contribution in [1.29, 1.82) is 0 Å². The maximum atomic E-state index is 4.97. The van der Waals surface area contributed by atoms with Crippen molar-refractivity contribution >= 4 is 28.7 Å². The van der Waals surface area contributed by atoms with Gasteiger partial charge in [0.1, 0.15) is 5.69 Å². The Balaban J connectivity index is 1.71. The molecule has 1 aliphatic rings. The molecule has 3 aromatic heterocycles. The lowest BCUT2D eigenvalue weighted by atomic mass is 10.2. The third-order valence-corrected chi connectivity index (χ3v) is 4.95. The molecule has 0 unspecified atom stereocenters. The van der Waals surface area contributed by atoms with E-state index in [0.717, 1.165) is 60.0 Å². The third kappa shape index (κ3) is 3.56. The summed E-state index contributed by atoms with van der Waals surface area (Å²) in [6, 6.07) is 6.15. The van der Waals surface area contributed by atoms with Crippen molar-refractivity contribution in [3.05, 3.63) is 30.6 Å². The van der Waals surface area contributed by atoms with Crippen molar-refractivity contribution in [1.82, 2.24) is 19.6 Å². The van der Waals surface area contributed by atoms with Gasteiger partial charge in [-0.05, 0) is 38.0 Å². The molecule has 1 N–H and O–H groups in total. The zero-order valence-corrected chi connectivity index (χ0v) is 17.0. The molecule has 28 heavy (non-hydrogen) atoms. The van der Waals surface area contributed by atoms with Gasteiger partial charge in [0.25, 0.3) is 0 Å². The Morgan fingerprint density at radius 2 is 2.07 bits per heavy atom. The minimum absolute atomic E-state index is 0.538. The van der Waals surface area contributed by atoms with E-state index in [1.54, 1.807) is 0 Å². The van der Waals surface area contributed by atoms with Crippen molar-refractivity contribution in [2.24, 2.45) is 10.9 Å². The van der Waals surface area contributed by atoms with Gasteiger partial charge >= 0.3 is 0 Å². The molecule has 0 atom stereocenters. The van der Waals surface area contributed by atoms with Gasteiger partial charge in [-0.1, -0.05) is 13.8 Å². The minimum atomic E-state index is 0.538. The molecule has 7 heteroatoms. The fourth-order valence-corrected chi connectivity index (χ4v) is 3.38. The van der Waals surface area contributed by atoms with Crippen LogP contribution in [0.4, 0.5) is 17.5 Å². The molecule has 3 aromatic rings. The molecule has 4 rings (SSSR count). The predicted octanol–water partition coefficient (Wildman–Crippen LogP) is 4.18. The number of fused-ring (bicyclic) bond motifs is 2. The van der Waals surface area contributed by atoms with Crippen molar-refractivity contribution < 1.29 is 0 Å². The van der Waals surface area contributed by atoms with E-state index in [0.29, 0.717) is 11.9 Å². The van der Waals surface area contributed by atoms with E-state index in [1.165, 1.54) is 0 Å². The van der Waals surface area contributed by atoms with Crippen molar-refractivity contribution in [2.45, 2.75) is 34.1 Å². The number of aliphatic imine (C=N–C) groups is 1. The van der Waals surface area contributed by atoms with Crippen LogP contribution in [0, 0.1) is 5.92 Å². The lowest BCUT2D eigenvalue weighted by Crippen LogP contribution is -2.25. The smallest absolute Gasteiger partial charge is 0.241 e. The highest BCUT2D eigenvalue weighted by atomic mass is 15.3. The van der Waals surface area contributed by atoms with Gasteiger partial charge in [0.05, 0.1) is 17.4 Å². The summed E-state index contributed by atoms with van der Waals surface area (Å²) in [5, 5.41) is 7.84. The highest BCUT2D eigenvalue weighted by Gasteiger charge is 2.18. The van der Waals surface area contributed by atoms with Gasteiger partial charge in [-0.25, -0.2) is 14.5 Å². The first-order valence-electron chi connectivity index (χ1n) is 9.94. The molecule has 4 heterocycles. The van der Waals surface area contributed by atoms with Crippen LogP contribution in [0.2, 0.25) is 0 Å². The van der Waals surface area contributed by atoms with Crippen LogP contribution in [-0.2, 0) is 0 Å². The Bertz CT molecular complexity index is 1020. The van der Waals surface area contributed by atoms with E-state index in [9.17, 15) is 0 Å². The minimum Gasteiger partial charge on any atom is -0.355 e. The second-order valence-corrected chi connectivity index (χ2v) is 7.63. The number of pyridine rings is 1. The van der Waals surface area contributed by atoms with Crippen LogP contribution in [-0.4, -0.2) is 44.9 Å². The van der Waals surface area contributed by atoms with Gasteiger partial charge in [-0.2, -0.15) is 0 Å². The number of hydrogen-bond donors (Lipinski definition) is 1. The molecule has 1 aliphatic heterocycles. The number of nitrogens with zero attached hydrogens (tertiary/aromatic N) is 6. The van der Waals surface area contributed by atoms with Gasteiger partial charge in [0.2, 0.25) is 5.95 Å². The highest BCUT2D eigenvalue weighted by molar-refractivity contribution is 5.89. The molecule has 146 valence electrons. The first-order valence-corrected chi connectivity index (χ1v) is 9.94. The number of nitrogens with one attached hydrogen (secondary N) is 1. The van der Waals surface area contributed by atoms with Gasteiger partial charge in [0.15, 0.2) is 5.82 Å². The molecule has 0 aliphatic carbocycles. The average molecular weight is 377 g/mol. The number of anilines is 2. The Morgan fingerprint density at radius 3 is 2.86 bits per heavy atom. The van der Waals surface area contributed by atoms with Crippen molar-refractivity contribution in [2.75, 3.05) is 29.9 Å². The first-order chi connectivity index (χ1) is 13.5. The van der Waals surface area contributed by atoms with Crippen molar-refractivity contribution in [3.63, 3.8) is 0 Å². The van der Waals surface area contributed by atoms with Gasteiger partial charge in [0, 0.05) is 43.5 Å². The molecular formula is C21H27N7. The van der Waals surface area contributed by atoms with Crippen LogP contribution in [0.25, 0.3) is 16.8 Å². The fraction of sp³-hybridized carbons (Fsp3) is 0.429. The van der Waals surface area contributed by atoms with E-state index >= 15 is 0 Å². The van der Waals surface area contributed by atoms with E-state index in [1.807, 2.05) is 29.0 Å². The van der Waals surface area contributed by atoms with Gasteiger partial charge < -0.3 is 10.2 Å². The number of hydrogen-bond acceptors (Lipinski definition) is 6. The molecule has 0 amide bonds. The van der Waals surface area contributed by atoms with Crippen LogP contribution in [0.5, 0.6) is 0 Å². The maximum absolute atomic E-state index is 4.97. The molecule has 0 radical (unpaired) electrons. The topological polar surface area (TPSA) is 70.7 Å². The lowest BCUT2D eigenvalue weighted by molar-refractivity contribution is 0.681. The summed E-state index contributed by atoms with van der Waals surface area (Å²) in [7, 11) is 0. The quantitative estimate of drug-likeness (QED) is 0.722. The van der Waals surface area contributed by atoms with Crippen LogP contribution in [0.15, 0.2) is 35.6 Å². The summed E-state index contributed by atoms with van der Waals surface area (Å²) in [4.78, 5) is 16.5. The molecule has 0 aromatic carbocycles. The molecule has 0 fully saturated rings. The maximum Gasteiger partial charge on any atom is 0.241 e. The second kappa shape index (κ2) is 7.58. The summed E-state index contributed by atoms with van der Waals surface area (Å²) in [6.07, 6.45) is 4.78. The molecule has 0 saturated carbocycles. The van der Waals surface area contributed by atoms with Gasteiger partial charge in [-0.15, -0.1) is 5.10 Å². The van der Waals surface area contributed by atoms with E-state index in [4.69, 9.17) is 9.98 Å². The Morgan fingerprint density at radius 1 is 1.21 bits per heavy atom. The first kappa shape index (κ1) is 18.4. The van der Waals surface area contributed by atoms with E-state index in [2.05, 4.69) is 54.1 Å². The summed E-state index contributed by atoms with van der Waals surface area (Å²) in [5.41, 5.74) is 4.98. The second-order valence-electron chi connectivity index (χ2n) is 7.63. The zero-order valence-electron chi connectivity index (χ0n) is 17.0. The van der Waals surface area contributed by atoms with Crippen LogP contribution < -0.4 is 10.2 Å². The van der Waals surface area contributed by atoms with Crippen LogP contribution in [0.1, 0.15) is 34.1 Å². The average Bonchev–Trinajstić information content (AvgIpc) is 3.03. The SMILES string of the molecule is CCN1CCC(C)=Nc2ccc(-c3ccn4nc(NCC(C)C)ncc34)nc21. The zero-order chi connectivity index (χ0) is 19.7. The molecule has 0 spiro atoms. The normalized spacial score (nSPS) is 14.2. The monoisotopic (exact) mass is 377 g/mol. The summed E-state index contributed by atoms with van der Waals surface area (Å²) >= 11 is 0. The lowest BCUT2D eigenvalue weighted by Gasteiger charge is -2.21. The molecule has 0 bridgehead atoms. The molecule has 0 saturated heterocycles. The summed E-state index contributed by atoms with van der Waals surface area (Å²) in [5.74, 6) is 2.13. The van der Waals surface area contributed by atoms with Crippen molar-refractivity contribution in [3.8, 4) is 11.3 Å². The number of rotatable bonds is 5. The van der Waals surface area contributed by atoms with E-state index < -0.39 is 0 Å². The Hall–Kier alpha value is -2.96. The standard InChI is InChI=1S/C21H27N7/c1-5-27-10-8-15(4)24-18-7-6-17(25-20(18)27)16-9-11-28-19(16)13-23-21(26-28)22-12-14(2)3/h6-7,9,11,13-14H,5,8,10,12H2,1-4H3,(H,22,26). The molecular weight excluding hydrogens is 350 g/mol. The fourth-order valence-electron chi connectivity index (χ4n) is 3.38. The predicted molar refractivity (Wildman–Crippen MR) is 115 cm³/mol. The third-order valence-electron chi connectivity index (χ3n) is 4.95. The Kier molecular flexibility index (Phi) is 4.98. The largest absolute Gasteiger partial charge is 0.355 e. The van der Waals surface area contributed by atoms with Crippen LogP contribution >= 0.6 is 0 Å². The van der Waals surface area contributed by atoms with Gasteiger partial charge in [-0.3, -0.25) is 4.99 Å². The van der Waals surface area contributed by atoms with Crippen LogP contribution in [0.3, 0.4) is 0 Å². The summed E-state index contributed by atoms with van der Waals surface area (Å²) in [6.45, 7) is 11.3. The Labute approximate surface area is 165 Å².